The number of thiophene rings is 1. The van der Waals surface area contributed by atoms with E-state index in [1.54, 1.807) is 6.08 Å². The molecule has 4 rings (SSSR count). The van der Waals surface area contributed by atoms with Crippen LogP contribution in [-0.2, 0) is 16.1 Å². The van der Waals surface area contributed by atoms with Gasteiger partial charge in [-0.3, -0.25) is 9.36 Å². The second-order valence-electron chi connectivity index (χ2n) is 8.25. The van der Waals surface area contributed by atoms with Crippen molar-refractivity contribution in [1.82, 2.24) is 14.8 Å². The van der Waals surface area contributed by atoms with Crippen molar-refractivity contribution in [3.63, 3.8) is 0 Å². The van der Waals surface area contributed by atoms with E-state index in [0.717, 1.165) is 21.8 Å². The number of carbonyl (C=O) groups is 2. The minimum absolute atomic E-state index is 0.0709. The number of rotatable bonds is 11. The molecule has 38 heavy (non-hydrogen) atoms. The quantitative estimate of drug-likeness (QED) is 0.136. The van der Waals surface area contributed by atoms with Crippen LogP contribution < -0.4 is 10.1 Å². The molecule has 196 valence electrons. The van der Waals surface area contributed by atoms with Gasteiger partial charge in [0.1, 0.15) is 16.3 Å². The molecule has 0 radical (unpaired) electrons. The second kappa shape index (κ2) is 12.6. The molecule has 0 fully saturated rings. The van der Waals surface area contributed by atoms with Crippen LogP contribution in [0.2, 0.25) is 0 Å². The fraction of sp³-hybridized carbons (Fsp3) is 0.214. The van der Waals surface area contributed by atoms with Crippen molar-refractivity contribution >= 4 is 40.0 Å². The summed E-state index contributed by atoms with van der Waals surface area (Å²) in [5, 5.41) is 12.5. The standard InChI is InChI=1S/C28H28N4O4S2/c1-5-16-32-25(18(2)36-21-14-10-7-11-15-21)30-31-28(32)37-17-22(33)29-26-24(27(34)35-4)23(19(3)38-26)20-12-8-6-9-13-20/h5-15,18H,1,16-17H2,2-4H3,(H,29,33). The Kier molecular flexibility index (Phi) is 8.98. The molecular formula is C28H28N4O4S2. The zero-order valence-electron chi connectivity index (χ0n) is 21.3. The summed E-state index contributed by atoms with van der Waals surface area (Å²) in [5.41, 5.74) is 1.99. The number of anilines is 1. The van der Waals surface area contributed by atoms with Gasteiger partial charge in [-0.15, -0.1) is 28.1 Å². The number of para-hydroxylation sites is 1. The summed E-state index contributed by atoms with van der Waals surface area (Å²) in [5.74, 6) is 0.653. The van der Waals surface area contributed by atoms with Gasteiger partial charge in [-0.2, -0.15) is 0 Å². The van der Waals surface area contributed by atoms with Crippen LogP contribution in [0.1, 0.15) is 34.1 Å². The number of methoxy groups -OCH3 is 1. The Morgan fingerprint density at radius 2 is 1.82 bits per heavy atom. The lowest BCUT2D eigenvalue weighted by Gasteiger charge is -2.15. The third-order valence-electron chi connectivity index (χ3n) is 5.60. The maximum Gasteiger partial charge on any atom is 0.341 e. The van der Waals surface area contributed by atoms with E-state index < -0.39 is 5.97 Å². The Balaban J connectivity index is 1.50. The molecular weight excluding hydrogens is 520 g/mol. The fourth-order valence-corrected chi connectivity index (χ4v) is 5.77. The van der Waals surface area contributed by atoms with Gasteiger partial charge in [0.05, 0.1) is 12.9 Å². The van der Waals surface area contributed by atoms with Gasteiger partial charge >= 0.3 is 5.97 Å². The first kappa shape index (κ1) is 27.2. The number of hydrogen-bond donors (Lipinski definition) is 1. The molecule has 8 nitrogen and oxygen atoms in total. The van der Waals surface area contributed by atoms with Crippen LogP contribution in [0.15, 0.2) is 78.5 Å². The van der Waals surface area contributed by atoms with Gasteiger partial charge in [0, 0.05) is 17.0 Å². The summed E-state index contributed by atoms with van der Waals surface area (Å²) < 4.78 is 12.9. The monoisotopic (exact) mass is 548 g/mol. The molecule has 2 aromatic heterocycles. The summed E-state index contributed by atoms with van der Waals surface area (Å²) in [7, 11) is 1.33. The Bertz CT molecular complexity index is 1420. The molecule has 1 unspecified atom stereocenters. The van der Waals surface area contributed by atoms with Crippen molar-refractivity contribution in [2.75, 3.05) is 18.2 Å². The van der Waals surface area contributed by atoms with Crippen LogP contribution in [0, 0.1) is 6.92 Å². The molecule has 10 heteroatoms. The number of nitrogens with one attached hydrogen (secondary N) is 1. The molecule has 1 atom stereocenters. The third kappa shape index (κ3) is 6.15. The molecule has 4 aromatic rings. The highest BCUT2D eigenvalue weighted by molar-refractivity contribution is 7.99. The number of hydrogen-bond acceptors (Lipinski definition) is 8. The zero-order valence-corrected chi connectivity index (χ0v) is 23.0. The lowest BCUT2D eigenvalue weighted by Crippen LogP contribution is -2.17. The topological polar surface area (TPSA) is 95.3 Å². The molecule has 0 aliphatic rings. The van der Waals surface area contributed by atoms with Crippen LogP contribution in [0.4, 0.5) is 5.00 Å². The Labute approximate surface area is 229 Å². The number of aryl methyl sites for hydroxylation is 1. The lowest BCUT2D eigenvalue weighted by molar-refractivity contribution is -0.113. The van der Waals surface area contributed by atoms with Gasteiger partial charge in [0.25, 0.3) is 0 Å². The molecule has 1 amide bonds. The van der Waals surface area contributed by atoms with Crippen molar-refractivity contribution in [3.05, 3.63) is 89.6 Å². The first-order valence-corrected chi connectivity index (χ1v) is 13.7. The summed E-state index contributed by atoms with van der Waals surface area (Å²) in [6.45, 7) is 8.11. The lowest BCUT2D eigenvalue weighted by atomic mass is 10.0. The molecule has 1 N–H and O–H groups in total. The van der Waals surface area contributed by atoms with Crippen molar-refractivity contribution < 1.29 is 19.1 Å². The number of ether oxygens (including phenoxy) is 2. The number of esters is 1. The minimum Gasteiger partial charge on any atom is -0.483 e. The number of aromatic nitrogens is 3. The molecule has 0 aliphatic carbocycles. The fourth-order valence-electron chi connectivity index (χ4n) is 3.94. The smallest absolute Gasteiger partial charge is 0.341 e. The number of nitrogens with zero attached hydrogens (tertiary/aromatic N) is 3. The highest BCUT2D eigenvalue weighted by Crippen LogP contribution is 2.40. The van der Waals surface area contributed by atoms with Gasteiger partial charge in [-0.05, 0) is 31.5 Å². The summed E-state index contributed by atoms with van der Waals surface area (Å²) in [6.07, 6.45) is 1.38. The van der Waals surface area contributed by atoms with E-state index in [0.29, 0.717) is 28.1 Å². The SMILES string of the molecule is C=CCn1c(SCC(=O)Nc2sc(C)c(-c3ccccc3)c2C(=O)OC)nnc1C(C)Oc1ccccc1. The van der Waals surface area contributed by atoms with Crippen LogP contribution >= 0.6 is 23.1 Å². The van der Waals surface area contributed by atoms with E-state index in [9.17, 15) is 9.59 Å². The summed E-state index contributed by atoms with van der Waals surface area (Å²) in [4.78, 5) is 26.6. The van der Waals surface area contributed by atoms with E-state index in [4.69, 9.17) is 9.47 Å². The van der Waals surface area contributed by atoms with E-state index in [-0.39, 0.29) is 17.8 Å². The first-order valence-electron chi connectivity index (χ1n) is 11.9. The molecule has 0 saturated heterocycles. The second-order valence-corrected chi connectivity index (χ2v) is 10.4. The molecule has 0 spiro atoms. The summed E-state index contributed by atoms with van der Waals surface area (Å²) >= 11 is 2.59. The van der Waals surface area contributed by atoms with Crippen LogP contribution in [0.3, 0.4) is 0 Å². The normalized spacial score (nSPS) is 11.6. The van der Waals surface area contributed by atoms with Crippen molar-refractivity contribution in [2.24, 2.45) is 0 Å². The molecule has 0 saturated carbocycles. The van der Waals surface area contributed by atoms with E-state index in [1.165, 1.54) is 30.2 Å². The zero-order chi connectivity index (χ0) is 27.1. The third-order valence-corrected chi connectivity index (χ3v) is 7.59. The van der Waals surface area contributed by atoms with Gasteiger partial charge in [-0.1, -0.05) is 66.4 Å². The van der Waals surface area contributed by atoms with Crippen molar-refractivity contribution in [2.45, 2.75) is 31.7 Å². The Morgan fingerprint density at radius 3 is 2.47 bits per heavy atom. The largest absolute Gasteiger partial charge is 0.483 e. The Hall–Kier alpha value is -3.89. The molecule has 2 heterocycles. The van der Waals surface area contributed by atoms with Gasteiger partial charge in [-0.25, -0.2) is 4.79 Å². The van der Waals surface area contributed by atoms with Crippen molar-refractivity contribution in [3.8, 4) is 16.9 Å². The highest BCUT2D eigenvalue weighted by Gasteiger charge is 2.25. The molecule has 2 aromatic carbocycles. The van der Waals surface area contributed by atoms with Crippen LogP contribution in [-0.4, -0.2) is 39.5 Å². The van der Waals surface area contributed by atoms with Gasteiger partial charge < -0.3 is 14.8 Å². The van der Waals surface area contributed by atoms with Gasteiger partial charge in [0.15, 0.2) is 17.1 Å². The van der Waals surface area contributed by atoms with Crippen molar-refractivity contribution in [1.29, 1.82) is 0 Å². The average molecular weight is 549 g/mol. The first-order chi connectivity index (χ1) is 18.4. The predicted octanol–water partition coefficient (Wildman–Crippen LogP) is 6.16. The number of carbonyl (C=O) groups excluding carboxylic acids is 2. The summed E-state index contributed by atoms with van der Waals surface area (Å²) in [6, 6.07) is 19.1. The van der Waals surface area contributed by atoms with Crippen LogP contribution in [0.5, 0.6) is 5.75 Å². The predicted molar refractivity (Wildman–Crippen MR) is 151 cm³/mol. The van der Waals surface area contributed by atoms with E-state index in [1.807, 2.05) is 79.1 Å². The molecule has 0 bridgehead atoms. The average Bonchev–Trinajstić information content (AvgIpc) is 3.48. The van der Waals surface area contributed by atoms with Crippen LogP contribution in [0.25, 0.3) is 11.1 Å². The highest BCUT2D eigenvalue weighted by atomic mass is 32.2. The van der Waals surface area contributed by atoms with E-state index in [2.05, 4.69) is 22.1 Å². The number of thioether (sulfide) groups is 1. The number of amides is 1. The molecule has 0 aliphatic heterocycles. The number of benzene rings is 2. The Morgan fingerprint density at radius 1 is 1.13 bits per heavy atom. The maximum absolute atomic E-state index is 13.0. The maximum atomic E-state index is 13.0. The minimum atomic E-state index is -0.501. The van der Waals surface area contributed by atoms with E-state index >= 15 is 0 Å². The number of allylic oxidation sites excluding steroid dienone is 1. The van der Waals surface area contributed by atoms with Gasteiger partial charge in [0.2, 0.25) is 5.91 Å².